The Morgan fingerprint density at radius 2 is 1.76 bits per heavy atom. The van der Waals surface area contributed by atoms with Gasteiger partial charge in [-0.2, -0.15) is 13.2 Å². The van der Waals surface area contributed by atoms with Crippen LogP contribution in [0.25, 0.3) is 11.3 Å². The summed E-state index contributed by atoms with van der Waals surface area (Å²) in [4.78, 5) is 4.04. The van der Waals surface area contributed by atoms with Crippen LogP contribution in [0.2, 0.25) is 0 Å². The minimum Gasteiger partial charge on any atom is -0.228 e. The predicted octanol–water partition coefficient (Wildman–Crippen LogP) is 5.35. The maximum atomic E-state index is 12.8. The molecule has 0 saturated carbocycles. The van der Waals surface area contributed by atoms with Crippen molar-refractivity contribution in [2.75, 3.05) is 0 Å². The topological polar surface area (TPSA) is 12.9 Å². The Bertz CT molecular complexity index is 551. The Kier molecular flexibility index (Phi) is 3.61. The van der Waals surface area contributed by atoms with E-state index in [9.17, 15) is 13.2 Å². The Hall–Kier alpha value is -0.400. The van der Waals surface area contributed by atoms with Crippen LogP contribution in [0.3, 0.4) is 0 Å². The van der Waals surface area contributed by atoms with E-state index in [1.807, 2.05) is 0 Å². The number of hydrogen-bond acceptors (Lipinski definition) is 2. The number of aromatic nitrogens is 1. The number of halogens is 5. The zero-order valence-corrected chi connectivity index (χ0v) is 12.0. The smallest absolute Gasteiger partial charge is 0.228 e. The molecule has 0 atom stereocenters. The van der Waals surface area contributed by atoms with Crippen LogP contribution >= 0.6 is 43.2 Å². The van der Waals surface area contributed by atoms with E-state index in [1.165, 1.54) is 23.5 Å². The van der Waals surface area contributed by atoms with Crippen molar-refractivity contribution in [3.8, 4) is 11.3 Å². The van der Waals surface area contributed by atoms with E-state index in [2.05, 4.69) is 36.8 Å². The molecule has 0 amide bonds. The van der Waals surface area contributed by atoms with Crippen LogP contribution in [-0.4, -0.2) is 4.98 Å². The lowest BCUT2D eigenvalue weighted by molar-refractivity contribution is -0.137. The average Bonchev–Trinajstić information content (AvgIpc) is 2.56. The summed E-state index contributed by atoms with van der Waals surface area (Å²) in [7, 11) is 0. The molecule has 0 saturated heterocycles. The van der Waals surface area contributed by atoms with Crippen molar-refractivity contribution < 1.29 is 13.2 Å². The Morgan fingerprint density at radius 3 is 2.29 bits per heavy atom. The summed E-state index contributed by atoms with van der Waals surface area (Å²) in [6.45, 7) is 0. The van der Waals surface area contributed by atoms with E-state index < -0.39 is 11.7 Å². The molecule has 0 fully saturated rings. The molecule has 1 aromatic heterocycles. The molecule has 7 heteroatoms. The maximum Gasteiger partial charge on any atom is 0.417 e. The molecule has 90 valence electrons. The summed E-state index contributed by atoms with van der Waals surface area (Å²) in [5, 5.41) is 0. The minimum atomic E-state index is -4.38. The lowest BCUT2D eigenvalue weighted by Crippen LogP contribution is -2.07. The molecular formula is C10H4Br2F3NS. The average molecular weight is 387 g/mol. The van der Waals surface area contributed by atoms with Gasteiger partial charge in [-0.25, -0.2) is 4.98 Å². The summed E-state index contributed by atoms with van der Waals surface area (Å²) in [5.74, 6) is 0. The molecule has 0 spiro atoms. The summed E-state index contributed by atoms with van der Waals surface area (Å²) >= 11 is 7.60. The number of alkyl halides is 3. The zero-order chi connectivity index (χ0) is 12.6. The van der Waals surface area contributed by atoms with Crippen LogP contribution in [0.15, 0.2) is 32.0 Å². The molecule has 0 N–H and O–H groups in total. The summed E-state index contributed by atoms with van der Waals surface area (Å²) in [6, 6.07) is 5.38. The minimum absolute atomic E-state index is 0.0776. The monoisotopic (exact) mass is 385 g/mol. The number of hydrogen-bond donors (Lipinski definition) is 0. The third kappa shape index (κ3) is 2.71. The molecule has 17 heavy (non-hydrogen) atoms. The van der Waals surface area contributed by atoms with Gasteiger partial charge in [0.2, 0.25) is 0 Å². The van der Waals surface area contributed by atoms with Crippen molar-refractivity contribution in [1.29, 1.82) is 0 Å². The Labute approximate surface area is 116 Å². The Morgan fingerprint density at radius 1 is 1.12 bits per heavy atom. The van der Waals surface area contributed by atoms with E-state index in [1.54, 1.807) is 6.07 Å². The molecular weight excluding hydrogens is 383 g/mol. The third-order valence-corrected chi connectivity index (χ3v) is 4.20. The molecule has 0 aliphatic rings. The van der Waals surface area contributed by atoms with E-state index in [0.717, 1.165) is 6.07 Å². The standard InChI is InChI=1S/C10H4Br2F3NS/c11-8-7(16-9(12)17-8)5-3-1-2-4-6(5)10(13,14)15/h1-4H. The summed E-state index contributed by atoms with van der Waals surface area (Å²) in [6.07, 6.45) is -4.38. The lowest BCUT2D eigenvalue weighted by atomic mass is 10.1. The van der Waals surface area contributed by atoms with Gasteiger partial charge in [-0.1, -0.05) is 29.5 Å². The first kappa shape index (κ1) is 13.0. The van der Waals surface area contributed by atoms with Crippen molar-refractivity contribution >= 4 is 43.2 Å². The highest BCUT2D eigenvalue weighted by atomic mass is 79.9. The largest absolute Gasteiger partial charge is 0.417 e. The van der Waals surface area contributed by atoms with E-state index in [-0.39, 0.29) is 5.56 Å². The summed E-state index contributed by atoms with van der Waals surface area (Å²) in [5.41, 5.74) is -0.304. The second-order valence-corrected chi connectivity index (χ2v) is 6.73. The second-order valence-electron chi connectivity index (χ2n) is 3.13. The van der Waals surface area contributed by atoms with Gasteiger partial charge in [0.05, 0.1) is 15.0 Å². The van der Waals surface area contributed by atoms with E-state index in [4.69, 9.17) is 0 Å². The molecule has 1 heterocycles. The molecule has 0 aliphatic heterocycles. The van der Waals surface area contributed by atoms with Gasteiger partial charge in [0.25, 0.3) is 0 Å². The second kappa shape index (κ2) is 4.70. The van der Waals surface area contributed by atoms with Crippen molar-refractivity contribution in [2.24, 2.45) is 0 Å². The molecule has 0 unspecified atom stereocenters. The van der Waals surface area contributed by atoms with Crippen LogP contribution in [0.4, 0.5) is 13.2 Å². The quantitative estimate of drug-likeness (QED) is 0.643. The fourth-order valence-electron chi connectivity index (χ4n) is 1.38. The zero-order valence-electron chi connectivity index (χ0n) is 8.05. The van der Waals surface area contributed by atoms with Gasteiger partial charge >= 0.3 is 6.18 Å². The first-order valence-corrected chi connectivity index (χ1v) is 6.78. The first-order valence-electron chi connectivity index (χ1n) is 4.38. The SMILES string of the molecule is FC(F)(F)c1ccccc1-c1nc(Br)sc1Br. The number of rotatable bonds is 1. The molecule has 1 nitrogen and oxygen atoms in total. The van der Waals surface area contributed by atoms with Gasteiger partial charge < -0.3 is 0 Å². The fraction of sp³-hybridized carbons (Fsp3) is 0.100. The molecule has 0 aliphatic carbocycles. The normalized spacial score (nSPS) is 11.8. The van der Waals surface area contributed by atoms with Crippen molar-refractivity contribution in [2.45, 2.75) is 6.18 Å². The van der Waals surface area contributed by atoms with E-state index in [0.29, 0.717) is 13.4 Å². The van der Waals surface area contributed by atoms with Crippen molar-refractivity contribution in [3.05, 3.63) is 37.5 Å². The van der Waals surface area contributed by atoms with Gasteiger partial charge in [-0.3, -0.25) is 0 Å². The van der Waals surface area contributed by atoms with Gasteiger partial charge in [0.15, 0.2) is 3.92 Å². The highest BCUT2D eigenvalue weighted by Crippen LogP contribution is 2.41. The van der Waals surface area contributed by atoms with Crippen LogP contribution in [0, 0.1) is 0 Å². The highest BCUT2D eigenvalue weighted by Gasteiger charge is 2.34. The van der Waals surface area contributed by atoms with Crippen LogP contribution in [-0.2, 0) is 6.18 Å². The van der Waals surface area contributed by atoms with Gasteiger partial charge in [0, 0.05) is 5.56 Å². The van der Waals surface area contributed by atoms with Crippen LogP contribution in [0.5, 0.6) is 0 Å². The van der Waals surface area contributed by atoms with Crippen molar-refractivity contribution in [1.82, 2.24) is 4.98 Å². The number of benzene rings is 1. The molecule has 2 aromatic rings. The Balaban J connectivity index is 2.64. The molecule has 0 radical (unpaired) electrons. The van der Waals surface area contributed by atoms with E-state index >= 15 is 0 Å². The number of thiazole rings is 1. The van der Waals surface area contributed by atoms with Gasteiger partial charge in [-0.05, 0) is 37.9 Å². The molecule has 0 bridgehead atoms. The van der Waals surface area contributed by atoms with Crippen LogP contribution < -0.4 is 0 Å². The first-order chi connectivity index (χ1) is 7.89. The lowest BCUT2D eigenvalue weighted by Gasteiger charge is -2.11. The maximum absolute atomic E-state index is 12.8. The van der Waals surface area contributed by atoms with Crippen LogP contribution in [0.1, 0.15) is 5.56 Å². The summed E-state index contributed by atoms with van der Waals surface area (Å²) < 4.78 is 39.6. The molecule has 1 aromatic carbocycles. The van der Waals surface area contributed by atoms with Crippen molar-refractivity contribution in [3.63, 3.8) is 0 Å². The third-order valence-electron chi connectivity index (χ3n) is 2.05. The number of nitrogens with zero attached hydrogens (tertiary/aromatic N) is 1. The van der Waals surface area contributed by atoms with Gasteiger partial charge in [0.1, 0.15) is 0 Å². The molecule has 2 rings (SSSR count). The fourth-order valence-corrected chi connectivity index (χ4v) is 3.99. The highest BCUT2D eigenvalue weighted by molar-refractivity contribution is 9.12. The predicted molar refractivity (Wildman–Crippen MR) is 68.0 cm³/mol. The van der Waals surface area contributed by atoms with Gasteiger partial charge in [-0.15, -0.1) is 0 Å².